The maximum atomic E-state index is 11.7. The van der Waals surface area contributed by atoms with Gasteiger partial charge < -0.3 is 0 Å². The van der Waals surface area contributed by atoms with Gasteiger partial charge in [-0.05, 0) is 24.4 Å². The summed E-state index contributed by atoms with van der Waals surface area (Å²) in [6.07, 6.45) is 0. The summed E-state index contributed by atoms with van der Waals surface area (Å²) >= 11 is 3.16. The van der Waals surface area contributed by atoms with E-state index in [2.05, 4.69) is 0 Å². The quantitative estimate of drug-likeness (QED) is 0.692. The molecule has 0 aliphatic heterocycles. The number of hydrogen-bond acceptors (Lipinski definition) is 3. The summed E-state index contributed by atoms with van der Waals surface area (Å²) in [5, 5.41) is 5.72. The van der Waals surface area contributed by atoms with E-state index in [0.29, 0.717) is 0 Å². The minimum atomic E-state index is 0.130. The Morgan fingerprint density at radius 2 is 2.15 bits per heavy atom. The second-order valence-corrected chi connectivity index (χ2v) is 4.68. The Balaban J connectivity index is 2.33. The molecule has 1 nitrogen and oxygen atoms in total. The molecule has 2 heterocycles. The van der Waals surface area contributed by atoms with Crippen LogP contribution in [0.15, 0.2) is 28.3 Å². The number of ketones is 1. The van der Waals surface area contributed by atoms with E-state index in [1.54, 1.807) is 22.7 Å². The summed E-state index contributed by atoms with van der Waals surface area (Å²) < 4.78 is 0. The maximum absolute atomic E-state index is 11.7. The van der Waals surface area contributed by atoms with Crippen LogP contribution in [-0.4, -0.2) is 5.78 Å². The largest absolute Gasteiger partial charge is 0.289 e. The summed E-state index contributed by atoms with van der Waals surface area (Å²) in [5.41, 5.74) is 1.60. The van der Waals surface area contributed by atoms with Crippen molar-refractivity contribution in [2.75, 3.05) is 0 Å². The molecule has 0 saturated heterocycles. The smallest absolute Gasteiger partial charge is 0.194 e. The highest BCUT2D eigenvalue weighted by Crippen LogP contribution is 2.18. The average Bonchev–Trinajstić information content (AvgIpc) is 2.72. The zero-order valence-electron chi connectivity index (χ0n) is 7.11. The fraction of sp³-hybridized carbons (Fsp3) is 0.100. The van der Waals surface area contributed by atoms with Crippen molar-refractivity contribution in [2.45, 2.75) is 6.92 Å². The highest BCUT2D eigenvalue weighted by atomic mass is 32.1. The zero-order valence-corrected chi connectivity index (χ0v) is 8.74. The molecule has 66 valence electrons. The molecule has 0 N–H and O–H groups in total. The van der Waals surface area contributed by atoms with Gasteiger partial charge in [-0.15, -0.1) is 11.3 Å². The van der Waals surface area contributed by atoms with Crippen molar-refractivity contribution < 1.29 is 4.79 Å². The normalized spacial score (nSPS) is 10.2. The Bertz CT molecular complexity index is 412. The van der Waals surface area contributed by atoms with Crippen molar-refractivity contribution >= 4 is 28.5 Å². The van der Waals surface area contributed by atoms with E-state index in [9.17, 15) is 4.79 Å². The van der Waals surface area contributed by atoms with Crippen molar-refractivity contribution in [3.63, 3.8) is 0 Å². The molecule has 2 aromatic rings. The highest BCUT2D eigenvalue weighted by Gasteiger charge is 2.09. The van der Waals surface area contributed by atoms with E-state index in [1.165, 1.54) is 4.88 Å². The molecular formula is C10H8OS2. The molecule has 2 aromatic heterocycles. The van der Waals surface area contributed by atoms with Crippen LogP contribution in [0.25, 0.3) is 0 Å². The minimum absolute atomic E-state index is 0.130. The third kappa shape index (κ3) is 1.71. The third-order valence-electron chi connectivity index (χ3n) is 1.78. The number of carbonyl (C=O) groups is 1. The van der Waals surface area contributed by atoms with Crippen molar-refractivity contribution in [1.29, 1.82) is 0 Å². The number of thiophene rings is 2. The van der Waals surface area contributed by atoms with Crippen LogP contribution >= 0.6 is 22.7 Å². The molecule has 0 amide bonds. The molecule has 0 saturated carbocycles. The van der Waals surface area contributed by atoms with Gasteiger partial charge in [0, 0.05) is 26.8 Å². The van der Waals surface area contributed by atoms with Gasteiger partial charge in [-0.3, -0.25) is 4.79 Å². The lowest BCUT2D eigenvalue weighted by atomic mass is 10.1. The molecule has 0 fully saturated rings. The van der Waals surface area contributed by atoms with Gasteiger partial charge in [-0.25, -0.2) is 0 Å². The Labute approximate surface area is 84.7 Å². The predicted molar refractivity (Wildman–Crippen MR) is 56.8 cm³/mol. The summed E-state index contributed by atoms with van der Waals surface area (Å²) in [4.78, 5) is 12.9. The number of rotatable bonds is 2. The highest BCUT2D eigenvalue weighted by molar-refractivity contribution is 7.10. The Kier molecular flexibility index (Phi) is 2.29. The van der Waals surface area contributed by atoms with Crippen LogP contribution in [0.3, 0.4) is 0 Å². The lowest BCUT2D eigenvalue weighted by Gasteiger charge is -1.91. The molecule has 0 bridgehead atoms. The molecule has 0 aromatic carbocycles. The molecule has 0 aliphatic carbocycles. The van der Waals surface area contributed by atoms with Gasteiger partial charge in [-0.2, -0.15) is 11.3 Å². The number of carbonyl (C=O) groups excluding carboxylic acids is 1. The molecular weight excluding hydrogens is 200 g/mol. The lowest BCUT2D eigenvalue weighted by Crippen LogP contribution is -1.96. The summed E-state index contributed by atoms with van der Waals surface area (Å²) in [5.74, 6) is 0.130. The first kappa shape index (κ1) is 8.66. The van der Waals surface area contributed by atoms with Crippen molar-refractivity contribution in [2.24, 2.45) is 0 Å². The van der Waals surface area contributed by atoms with Gasteiger partial charge in [0.25, 0.3) is 0 Å². The monoisotopic (exact) mass is 208 g/mol. The topological polar surface area (TPSA) is 17.1 Å². The van der Waals surface area contributed by atoms with Gasteiger partial charge in [0.2, 0.25) is 0 Å². The van der Waals surface area contributed by atoms with Crippen LogP contribution in [0.2, 0.25) is 0 Å². The second kappa shape index (κ2) is 3.44. The molecule has 0 radical (unpaired) electrons. The van der Waals surface area contributed by atoms with E-state index in [-0.39, 0.29) is 5.78 Å². The molecule has 2 rings (SSSR count). The molecule has 3 heteroatoms. The molecule has 0 spiro atoms. The maximum Gasteiger partial charge on any atom is 0.194 e. The summed E-state index contributed by atoms with van der Waals surface area (Å²) in [6.45, 7) is 2.01. The Morgan fingerprint density at radius 1 is 1.31 bits per heavy atom. The first-order valence-corrected chi connectivity index (χ1v) is 5.71. The zero-order chi connectivity index (χ0) is 9.26. The fourth-order valence-corrected chi connectivity index (χ4v) is 2.44. The van der Waals surface area contributed by atoms with Gasteiger partial charge in [0.15, 0.2) is 5.78 Å². The third-order valence-corrected chi connectivity index (χ3v) is 3.32. The van der Waals surface area contributed by atoms with Crippen LogP contribution in [0.1, 0.15) is 20.8 Å². The van der Waals surface area contributed by atoms with Gasteiger partial charge in [-0.1, -0.05) is 0 Å². The lowest BCUT2D eigenvalue weighted by molar-refractivity contribution is 0.103. The number of hydrogen-bond donors (Lipinski definition) is 0. The van der Waals surface area contributed by atoms with Crippen LogP contribution in [0.4, 0.5) is 0 Å². The van der Waals surface area contributed by atoms with Crippen molar-refractivity contribution in [3.8, 4) is 0 Å². The SMILES string of the molecule is Cc1cc(C(=O)c2ccsc2)cs1. The summed E-state index contributed by atoms with van der Waals surface area (Å²) in [6, 6.07) is 3.80. The van der Waals surface area contributed by atoms with E-state index in [0.717, 1.165) is 11.1 Å². The van der Waals surface area contributed by atoms with Gasteiger partial charge >= 0.3 is 0 Å². The van der Waals surface area contributed by atoms with Gasteiger partial charge in [0.1, 0.15) is 0 Å². The molecule has 0 aliphatic rings. The standard InChI is InChI=1S/C10H8OS2/c1-7-4-9(6-13-7)10(11)8-2-3-12-5-8/h2-6H,1H3. The second-order valence-electron chi connectivity index (χ2n) is 2.79. The summed E-state index contributed by atoms with van der Waals surface area (Å²) in [7, 11) is 0. The molecule has 0 atom stereocenters. The van der Waals surface area contributed by atoms with Crippen molar-refractivity contribution in [3.05, 3.63) is 44.3 Å². The van der Waals surface area contributed by atoms with E-state index >= 15 is 0 Å². The first-order valence-electron chi connectivity index (χ1n) is 3.89. The van der Waals surface area contributed by atoms with E-state index in [4.69, 9.17) is 0 Å². The minimum Gasteiger partial charge on any atom is -0.289 e. The first-order chi connectivity index (χ1) is 6.27. The molecule has 13 heavy (non-hydrogen) atoms. The Morgan fingerprint density at radius 3 is 2.69 bits per heavy atom. The van der Waals surface area contributed by atoms with Crippen LogP contribution in [0.5, 0.6) is 0 Å². The number of aryl methyl sites for hydroxylation is 1. The van der Waals surface area contributed by atoms with Crippen LogP contribution in [-0.2, 0) is 0 Å². The average molecular weight is 208 g/mol. The van der Waals surface area contributed by atoms with Crippen LogP contribution < -0.4 is 0 Å². The Hall–Kier alpha value is -0.930. The van der Waals surface area contributed by atoms with E-state index in [1.807, 2.05) is 35.2 Å². The van der Waals surface area contributed by atoms with Crippen molar-refractivity contribution in [1.82, 2.24) is 0 Å². The van der Waals surface area contributed by atoms with Gasteiger partial charge in [0.05, 0.1) is 0 Å². The molecule has 0 unspecified atom stereocenters. The van der Waals surface area contributed by atoms with Crippen LogP contribution in [0, 0.1) is 6.92 Å². The predicted octanol–water partition coefficient (Wildman–Crippen LogP) is 3.35. The fourth-order valence-electron chi connectivity index (χ4n) is 1.12. The van der Waals surface area contributed by atoms with E-state index < -0.39 is 0 Å².